The standard InChI is InChI=1S/C21H27FN2O3S/c1-15(2)28(26,27)24-14-21(22)20-10-8-19(9-11-20)18-6-4-17(5-7-18)12-13-23-16(3)25/h4-11,15,21,24H,12-14H2,1-3H3,(H,23,25). The lowest BCUT2D eigenvalue weighted by Crippen LogP contribution is -2.33. The predicted molar refractivity (Wildman–Crippen MR) is 110 cm³/mol. The van der Waals surface area contributed by atoms with E-state index in [2.05, 4.69) is 10.0 Å². The van der Waals surface area contributed by atoms with Gasteiger partial charge >= 0.3 is 0 Å². The third-order valence-corrected chi connectivity index (χ3v) is 6.24. The van der Waals surface area contributed by atoms with Gasteiger partial charge in [-0.05, 0) is 42.5 Å². The van der Waals surface area contributed by atoms with Gasteiger partial charge in [-0.2, -0.15) is 0 Å². The number of benzene rings is 2. The molecule has 1 atom stereocenters. The molecule has 0 heterocycles. The van der Waals surface area contributed by atoms with Crippen molar-refractivity contribution in [1.82, 2.24) is 10.0 Å². The van der Waals surface area contributed by atoms with Gasteiger partial charge in [0.2, 0.25) is 15.9 Å². The van der Waals surface area contributed by atoms with E-state index < -0.39 is 21.4 Å². The molecular formula is C21H27FN2O3S. The van der Waals surface area contributed by atoms with Crippen LogP contribution in [-0.2, 0) is 21.2 Å². The van der Waals surface area contributed by atoms with Crippen molar-refractivity contribution in [3.8, 4) is 11.1 Å². The monoisotopic (exact) mass is 406 g/mol. The van der Waals surface area contributed by atoms with Crippen molar-refractivity contribution in [2.45, 2.75) is 38.6 Å². The average molecular weight is 407 g/mol. The Hall–Kier alpha value is -2.25. The molecule has 7 heteroatoms. The van der Waals surface area contributed by atoms with Crippen LogP contribution in [0.3, 0.4) is 0 Å². The first-order chi connectivity index (χ1) is 13.2. The minimum atomic E-state index is -3.48. The Bertz CT molecular complexity index is 879. The van der Waals surface area contributed by atoms with Crippen LogP contribution in [0.2, 0.25) is 0 Å². The van der Waals surface area contributed by atoms with Gasteiger partial charge in [0.25, 0.3) is 0 Å². The van der Waals surface area contributed by atoms with Gasteiger partial charge in [-0.3, -0.25) is 4.79 Å². The van der Waals surface area contributed by atoms with Gasteiger partial charge in [-0.25, -0.2) is 17.5 Å². The number of amides is 1. The lowest BCUT2D eigenvalue weighted by molar-refractivity contribution is -0.118. The minimum absolute atomic E-state index is 0.0418. The first kappa shape index (κ1) is 22.0. The molecular weight excluding hydrogens is 379 g/mol. The van der Waals surface area contributed by atoms with E-state index in [0.717, 1.165) is 23.1 Å². The summed E-state index contributed by atoms with van der Waals surface area (Å²) in [6.45, 7) is 4.92. The molecule has 2 aromatic carbocycles. The highest BCUT2D eigenvalue weighted by Gasteiger charge is 2.18. The van der Waals surface area contributed by atoms with E-state index in [9.17, 15) is 17.6 Å². The lowest BCUT2D eigenvalue weighted by Gasteiger charge is -2.13. The maximum atomic E-state index is 14.3. The molecule has 1 unspecified atom stereocenters. The maximum absolute atomic E-state index is 14.3. The van der Waals surface area contributed by atoms with E-state index >= 15 is 0 Å². The van der Waals surface area contributed by atoms with Crippen LogP contribution < -0.4 is 10.0 Å². The van der Waals surface area contributed by atoms with E-state index in [4.69, 9.17) is 0 Å². The molecule has 5 nitrogen and oxygen atoms in total. The quantitative estimate of drug-likeness (QED) is 0.670. The molecule has 152 valence electrons. The van der Waals surface area contributed by atoms with Crippen LogP contribution in [0.5, 0.6) is 0 Å². The number of rotatable bonds is 9. The van der Waals surface area contributed by atoms with Crippen LogP contribution in [0.1, 0.15) is 38.1 Å². The lowest BCUT2D eigenvalue weighted by atomic mass is 10.0. The zero-order chi connectivity index (χ0) is 20.7. The summed E-state index contributed by atoms with van der Waals surface area (Å²) in [5.74, 6) is -0.0418. The van der Waals surface area contributed by atoms with Crippen LogP contribution in [-0.4, -0.2) is 32.7 Å². The summed E-state index contributed by atoms with van der Waals surface area (Å²) in [5.41, 5.74) is 3.51. The smallest absolute Gasteiger partial charge is 0.216 e. The fraction of sp³-hybridized carbons (Fsp3) is 0.381. The zero-order valence-electron chi connectivity index (χ0n) is 16.4. The Kier molecular flexibility index (Phi) is 7.71. The second kappa shape index (κ2) is 9.80. The first-order valence-electron chi connectivity index (χ1n) is 9.25. The van der Waals surface area contributed by atoms with Gasteiger partial charge in [-0.1, -0.05) is 48.5 Å². The SMILES string of the molecule is CC(=O)NCCc1ccc(-c2ccc(C(F)CNS(=O)(=O)C(C)C)cc2)cc1. The van der Waals surface area contributed by atoms with Gasteiger partial charge in [-0.15, -0.1) is 0 Å². The van der Waals surface area contributed by atoms with Crippen molar-refractivity contribution < 1.29 is 17.6 Å². The molecule has 2 rings (SSSR count). The normalized spacial score (nSPS) is 12.8. The Morgan fingerprint density at radius 1 is 1.00 bits per heavy atom. The summed E-state index contributed by atoms with van der Waals surface area (Å²) in [4.78, 5) is 10.9. The number of carbonyl (C=O) groups is 1. The largest absolute Gasteiger partial charge is 0.356 e. The molecule has 2 N–H and O–H groups in total. The third kappa shape index (κ3) is 6.42. The van der Waals surface area contributed by atoms with Gasteiger partial charge in [0, 0.05) is 20.0 Å². The first-order valence-corrected chi connectivity index (χ1v) is 10.8. The van der Waals surface area contributed by atoms with Crippen molar-refractivity contribution in [3.05, 3.63) is 59.7 Å². The molecule has 0 aliphatic carbocycles. The molecule has 0 radical (unpaired) electrons. The maximum Gasteiger partial charge on any atom is 0.216 e. The van der Waals surface area contributed by atoms with E-state index in [-0.39, 0.29) is 12.5 Å². The number of carbonyl (C=O) groups excluding carboxylic acids is 1. The molecule has 0 saturated carbocycles. The fourth-order valence-corrected chi connectivity index (χ4v) is 3.32. The van der Waals surface area contributed by atoms with Gasteiger partial charge in [0.1, 0.15) is 6.17 Å². The fourth-order valence-electron chi connectivity index (χ4n) is 2.60. The van der Waals surface area contributed by atoms with Crippen LogP contribution in [0, 0.1) is 0 Å². The van der Waals surface area contributed by atoms with Gasteiger partial charge in [0.05, 0.1) is 5.25 Å². The number of sulfonamides is 1. The van der Waals surface area contributed by atoms with E-state index in [1.54, 1.807) is 26.0 Å². The molecule has 0 saturated heterocycles. The molecule has 28 heavy (non-hydrogen) atoms. The third-order valence-electron chi connectivity index (χ3n) is 4.43. The zero-order valence-corrected chi connectivity index (χ0v) is 17.2. The summed E-state index contributed by atoms with van der Waals surface area (Å²) in [6.07, 6.45) is -0.645. The predicted octanol–water partition coefficient (Wildman–Crippen LogP) is 3.37. The summed E-state index contributed by atoms with van der Waals surface area (Å²) in [5, 5.41) is 2.17. The second-order valence-electron chi connectivity index (χ2n) is 6.96. The van der Waals surface area contributed by atoms with E-state index in [0.29, 0.717) is 12.1 Å². The van der Waals surface area contributed by atoms with E-state index in [1.807, 2.05) is 36.4 Å². The number of hydrogen-bond acceptors (Lipinski definition) is 3. The highest BCUT2D eigenvalue weighted by Crippen LogP contribution is 2.24. The Labute approximate surface area is 166 Å². The molecule has 0 bridgehead atoms. The molecule has 1 amide bonds. The number of hydrogen-bond donors (Lipinski definition) is 2. The van der Waals surface area contributed by atoms with Crippen LogP contribution in [0.4, 0.5) is 4.39 Å². The summed E-state index contributed by atoms with van der Waals surface area (Å²) < 4.78 is 40.1. The minimum Gasteiger partial charge on any atom is -0.356 e. The highest BCUT2D eigenvalue weighted by molar-refractivity contribution is 7.90. The van der Waals surface area contributed by atoms with Crippen molar-refractivity contribution in [2.75, 3.05) is 13.1 Å². The second-order valence-corrected chi connectivity index (χ2v) is 9.28. The molecule has 0 aliphatic rings. The molecule has 0 aromatic heterocycles. The molecule has 0 fully saturated rings. The van der Waals surface area contributed by atoms with Crippen molar-refractivity contribution in [2.24, 2.45) is 0 Å². The Balaban J connectivity index is 1.97. The molecule has 0 aliphatic heterocycles. The highest BCUT2D eigenvalue weighted by atomic mass is 32.2. The van der Waals surface area contributed by atoms with Crippen LogP contribution in [0.25, 0.3) is 11.1 Å². The number of halogens is 1. The Morgan fingerprint density at radius 3 is 2.04 bits per heavy atom. The average Bonchev–Trinajstić information content (AvgIpc) is 2.66. The van der Waals surface area contributed by atoms with Crippen molar-refractivity contribution in [3.63, 3.8) is 0 Å². The molecule has 2 aromatic rings. The molecule has 0 spiro atoms. The van der Waals surface area contributed by atoms with Crippen LogP contribution in [0.15, 0.2) is 48.5 Å². The topological polar surface area (TPSA) is 75.3 Å². The summed E-state index contributed by atoms with van der Waals surface area (Å²) in [6, 6.07) is 15.0. The summed E-state index contributed by atoms with van der Waals surface area (Å²) >= 11 is 0. The summed E-state index contributed by atoms with van der Waals surface area (Å²) in [7, 11) is -3.48. The van der Waals surface area contributed by atoms with Crippen LogP contribution >= 0.6 is 0 Å². The van der Waals surface area contributed by atoms with Crippen molar-refractivity contribution >= 4 is 15.9 Å². The van der Waals surface area contributed by atoms with Crippen molar-refractivity contribution in [1.29, 1.82) is 0 Å². The van der Waals surface area contributed by atoms with Gasteiger partial charge in [0.15, 0.2) is 0 Å². The number of nitrogens with one attached hydrogen (secondary N) is 2. The van der Waals surface area contributed by atoms with E-state index in [1.165, 1.54) is 6.92 Å². The Morgan fingerprint density at radius 2 is 1.54 bits per heavy atom. The van der Waals surface area contributed by atoms with Gasteiger partial charge < -0.3 is 5.32 Å². The number of alkyl halides is 1.